The highest BCUT2D eigenvalue weighted by molar-refractivity contribution is 6.33. The van der Waals surface area contributed by atoms with Crippen molar-refractivity contribution in [3.63, 3.8) is 0 Å². The minimum absolute atomic E-state index is 0.369. The Morgan fingerprint density at radius 2 is 1.83 bits per heavy atom. The molecule has 0 bridgehead atoms. The molecule has 0 atom stereocenters. The van der Waals surface area contributed by atoms with Gasteiger partial charge in [0, 0.05) is 18.7 Å². The number of halogens is 1. The Bertz CT molecular complexity index is 1410. The van der Waals surface area contributed by atoms with E-state index in [1.54, 1.807) is 4.52 Å². The SMILES string of the molecule is CCNC1(C(N)=O)CN(c2nc(C)nc3c(-c4ccc(CC)cc4)c(-c4ccccc4Cl)nn23)C1. The first-order valence-electron chi connectivity index (χ1n) is 11.8. The monoisotopic (exact) mass is 489 g/mol. The number of fused-ring (bicyclic) bond motifs is 1. The lowest BCUT2D eigenvalue weighted by atomic mass is 9.89. The van der Waals surface area contributed by atoms with Crippen LogP contribution >= 0.6 is 11.6 Å². The van der Waals surface area contributed by atoms with Crippen molar-refractivity contribution in [3.8, 4) is 22.4 Å². The number of carbonyl (C=O) groups excluding carboxylic acids is 1. The largest absolute Gasteiger partial charge is 0.368 e. The van der Waals surface area contributed by atoms with E-state index in [1.807, 2.05) is 43.0 Å². The number of hydrogen-bond acceptors (Lipinski definition) is 6. The van der Waals surface area contributed by atoms with Gasteiger partial charge in [-0.3, -0.25) is 4.79 Å². The van der Waals surface area contributed by atoms with Crippen LogP contribution in [-0.4, -0.2) is 50.7 Å². The van der Waals surface area contributed by atoms with E-state index >= 15 is 0 Å². The van der Waals surface area contributed by atoms with Crippen LogP contribution in [0.25, 0.3) is 28.0 Å². The van der Waals surface area contributed by atoms with Crippen molar-refractivity contribution in [2.45, 2.75) is 32.7 Å². The van der Waals surface area contributed by atoms with Gasteiger partial charge in [0.05, 0.1) is 10.6 Å². The summed E-state index contributed by atoms with van der Waals surface area (Å²) in [5, 5.41) is 8.82. The van der Waals surface area contributed by atoms with E-state index in [9.17, 15) is 4.79 Å². The smallest absolute Gasteiger partial charge is 0.241 e. The van der Waals surface area contributed by atoms with Crippen molar-refractivity contribution in [1.29, 1.82) is 0 Å². The van der Waals surface area contributed by atoms with Crippen molar-refractivity contribution in [2.75, 3.05) is 24.5 Å². The lowest BCUT2D eigenvalue weighted by Crippen LogP contribution is -2.75. The molecule has 180 valence electrons. The zero-order valence-corrected chi connectivity index (χ0v) is 20.8. The molecular formula is C26H28ClN7O. The minimum atomic E-state index is -0.780. The number of anilines is 1. The number of nitrogens with zero attached hydrogens (tertiary/aromatic N) is 5. The highest BCUT2D eigenvalue weighted by Crippen LogP contribution is 2.39. The Morgan fingerprint density at radius 3 is 2.46 bits per heavy atom. The number of benzene rings is 2. The van der Waals surface area contributed by atoms with Crippen molar-refractivity contribution < 1.29 is 4.79 Å². The summed E-state index contributed by atoms with van der Waals surface area (Å²) in [4.78, 5) is 23.7. The molecule has 1 fully saturated rings. The van der Waals surface area contributed by atoms with Gasteiger partial charge >= 0.3 is 0 Å². The van der Waals surface area contributed by atoms with Gasteiger partial charge in [-0.25, -0.2) is 4.98 Å². The zero-order valence-electron chi connectivity index (χ0n) is 20.0. The number of nitrogens with two attached hydrogens (primary N) is 1. The predicted molar refractivity (Wildman–Crippen MR) is 139 cm³/mol. The summed E-state index contributed by atoms with van der Waals surface area (Å²) in [7, 11) is 0. The van der Waals surface area contributed by atoms with Crippen LogP contribution in [0.5, 0.6) is 0 Å². The fourth-order valence-electron chi connectivity index (χ4n) is 4.68. The Morgan fingerprint density at radius 1 is 1.11 bits per heavy atom. The molecule has 5 rings (SSSR count). The summed E-state index contributed by atoms with van der Waals surface area (Å²) in [6.45, 7) is 7.41. The van der Waals surface area contributed by atoms with Crippen LogP contribution in [0.4, 0.5) is 5.95 Å². The molecule has 0 spiro atoms. The van der Waals surface area contributed by atoms with Crippen molar-refractivity contribution in [1.82, 2.24) is 24.9 Å². The third-order valence-electron chi connectivity index (χ3n) is 6.55. The average molecular weight is 490 g/mol. The van der Waals surface area contributed by atoms with E-state index < -0.39 is 5.54 Å². The summed E-state index contributed by atoms with van der Waals surface area (Å²) in [5.41, 5.74) is 10.3. The van der Waals surface area contributed by atoms with Crippen LogP contribution in [0.1, 0.15) is 25.2 Å². The molecule has 0 radical (unpaired) electrons. The summed E-state index contributed by atoms with van der Waals surface area (Å²) in [5.74, 6) is 0.864. The topological polar surface area (TPSA) is 101 Å². The summed E-state index contributed by atoms with van der Waals surface area (Å²) in [6, 6.07) is 16.1. The van der Waals surface area contributed by atoms with Crippen LogP contribution in [0, 0.1) is 6.92 Å². The number of rotatable bonds is 7. The van der Waals surface area contributed by atoms with Crippen LogP contribution in [-0.2, 0) is 11.2 Å². The van der Waals surface area contributed by atoms with Gasteiger partial charge in [0.2, 0.25) is 11.9 Å². The van der Waals surface area contributed by atoms with Crippen LogP contribution in [0.2, 0.25) is 5.02 Å². The normalized spacial score (nSPS) is 14.8. The summed E-state index contributed by atoms with van der Waals surface area (Å²) in [6.07, 6.45) is 0.959. The quantitative estimate of drug-likeness (QED) is 0.411. The zero-order chi connectivity index (χ0) is 24.7. The first-order valence-corrected chi connectivity index (χ1v) is 12.2. The molecule has 3 N–H and O–H groups in total. The van der Waals surface area contributed by atoms with Gasteiger partial charge in [-0.05, 0) is 37.1 Å². The molecule has 0 unspecified atom stereocenters. The number of primary amides is 1. The molecule has 1 saturated heterocycles. The van der Waals surface area contributed by atoms with Gasteiger partial charge in [-0.15, -0.1) is 0 Å². The van der Waals surface area contributed by atoms with Gasteiger partial charge in [0.15, 0.2) is 5.65 Å². The standard InChI is InChI=1S/C26H28ClN7O/c1-4-17-10-12-18(13-11-17)21-22(19-8-6-7-9-20(19)27)32-34-23(21)30-16(3)31-25(34)33-14-26(15-33,24(28)35)29-5-2/h6-13,29H,4-5,14-15H2,1-3H3,(H2,28,35). The average Bonchev–Trinajstić information content (AvgIpc) is 3.19. The minimum Gasteiger partial charge on any atom is -0.368 e. The number of amides is 1. The third-order valence-corrected chi connectivity index (χ3v) is 6.88. The van der Waals surface area contributed by atoms with E-state index in [-0.39, 0.29) is 5.91 Å². The highest BCUT2D eigenvalue weighted by atomic mass is 35.5. The Labute approximate surface area is 209 Å². The van der Waals surface area contributed by atoms with Crippen LogP contribution in [0.15, 0.2) is 48.5 Å². The Kier molecular flexibility index (Phi) is 5.94. The Balaban J connectivity index is 1.71. The van der Waals surface area contributed by atoms with E-state index in [0.29, 0.717) is 42.1 Å². The number of hydrogen-bond donors (Lipinski definition) is 2. The first kappa shape index (κ1) is 23.3. The molecule has 9 heteroatoms. The van der Waals surface area contributed by atoms with Crippen LogP contribution < -0.4 is 16.0 Å². The molecule has 3 heterocycles. The van der Waals surface area contributed by atoms with Gasteiger partial charge in [0.25, 0.3) is 0 Å². The van der Waals surface area contributed by atoms with Gasteiger partial charge in [0.1, 0.15) is 17.1 Å². The lowest BCUT2D eigenvalue weighted by molar-refractivity contribution is -0.125. The molecule has 2 aromatic carbocycles. The van der Waals surface area contributed by atoms with Gasteiger partial charge in [-0.1, -0.05) is 67.9 Å². The maximum atomic E-state index is 12.2. The number of aryl methyl sites for hydroxylation is 2. The first-order chi connectivity index (χ1) is 16.9. The second-order valence-electron chi connectivity index (χ2n) is 8.89. The van der Waals surface area contributed by atoms with Gasteiger partial charge in [-0.2, -0.15) is 14.6 Å². The molecule has 8 nitrogen and oxygen atoms in total. The molecular weight excluding hydrogens is 462 g/mol. The van der Waals surface area contributed by atoms with Crippen LogP contribution in [0.3, 0.4) is 0 Å². The predicted octanol–water partition coefficient (Wildman–Crippen LogP) is 3.64. The van der Waals surface area contributed by atoms with E-state index in [1.165, 1.54) is 5.56 Å². The summed E-state index contributed by atoms with van der Waals surface area (Å²) < 4.78 is 1.76. The third kappa shape index (κ3) is 3.92. The second kappa shape index (κ2) is 8.94. The van der Waals surface area contributed by atoms with Crippen molar-refractivity contribution >= 4 is 29.1 Å². The number of nitrogens with one attached hydrogen (secondary N) is 1. The molecule has 1 aliphatic rings. The molecule has 35 heavy (non-hydrogen) atoms. The maximum absolute atomic E-state index is 12.2. The summed E-state index contributed by atoms with van der Waals surface area (Å²) >= 11 is 6.62. The Hall–Kier alpha value is -3.49. The molecule has 0 aliphatic carbocycles. The molecule has 1 amide bonds. The number of carbonyl (C=O) groups is 1. The van der Waals surface area contributed by atoms with Crippen molar-refractivity contribution in [3.05, 3.63) is 64.9 Å². The number of aromatic nitrogens is 4. The second-order valence-corrected chi connectivity index (χ2v) is 9.30. The fraction of sp³-hybridized carbons (Fsp3) is 0.308. The molecule has 0 saturated carbocycles. The fourth-order valence-corrected chi connectivity index (χ4v) is 4.91. The van der Waals surface area contributed by atoms with E-state index in [4.69, 9.17) is 32.4 Å². The number of likely N-dealkylation sites (N-methyl/N-ethyl adjacent to an activating group) is 1. The van der Waals surface area contributed by atoms with E-state index in [0.717, 1.165) is 28.8 Å². The molecule has 2 aromatic heterocycles. The van der Waals surface area contributed by atoms with Crippen molar-refractivity contribution in [2.24, 2.45) is 5.73 Å². The van der Waals surface area contributed by atoms with Gasteiger partial charge < -0.3 is 16.0 Å². The maximum Gasteiger partial charge on any atom is 0.241 e. The molecule has 4 aromatic rings. The van der Waals surface area contributed by atoms with E-state index in [2.05, 4.69) is 36.5 Å². The molecule has 1 aliphatic heterocycles. The highest BCUT2D eigenvalue weighted by Gasteiger charge is 2.49. The lowest BCUT2D eigenvalue weighted by Gasteiger charge is -2.48.